The Balaban J connectivity index is 2.40. The minimum Gasteiger partial charge on any atom is -0.480 e. The normalized spacial score (nSPS) is 21.8. The molecule has 108 valence electrons. The second kappa shape index (κ2) is 4.89. The predicted octanol–water partition coefficient (Wildman–Crippen LogP) is -0.614. The van der Waals surface area contributed by atoms with Crippen molar-refractivity contribution in [3.8, 4) is 5.88 Å². The Morgan fingerprint density at radius 1 is 1.65 bits per heavy atom. The van der Waals surface area contributed by atoms with E-state index in [1.807, 2.05) is 0 Å². The number of carboxylic acids is 1. The molecule has 0 aliphatic carbocycles. The molecule has 3 N–H and O–H groups in total. The molecule has 10 nitrogen and oxygen atoms in total. The molecule has 1 atom stereocenters. The SMILES string of the molecule is COc1ncnc(N2CCC(N)(C(=O)O)C2)c1[N+](=O)[O-]. The monoisotopic (exact) mass is 283 g/mol. The van der Waals surface area contributed by atoms with Gasteiger partial charge in [-0.3, -0.25) is 14.9 Å². The van der Waals surface area contributed by atoms with Gasteiger partial charge in [0.05, 0.1) is 12.0 Å². The molecule has 1 aliphatic heterocycles. The molecule has 20 heavy (non-hydrogen) atoms. The van der Waals surface area contributed by atoms with E-state index in [2.05, 4.69) is 9.97 Å². The van der Waals surface area contributed by atoms with Gasteiger partial charge in [-0.25, -0.2) is 4.98 Å². The summed E-state index contributed by atoms with van der Waals surface area (Å²) in [6, 6.07) is 0. The summed E-state index contributed by atoms with van der Waals surface area (Å²) in [7, 11) is 1.26. The first-order valence-electron chi connectivity index (χ1n) is 5.69. The Morgan fingerprint density at radius 3 is 2.85 bits per heavy atom. The van der Waals surface area contributed by atoms with Gasteiger partial charge >= 0.3 is 11.7 Å². The van der Waals surface area contributed by atoms with Crippen LogP contribution in [-0.2, 0) is 4.79 Å². The van der Waals surface area contributed by atoms with Crippen LogP contribution in [0.3, 0.4) is 0 Å². The van der Waals surface area contributed by atoms with Gasteiger partial charge < -0.3 is 20.5 Å². The van der Waals surface area contributed by atoms with Crippen LogP contribution in [0.2, 0.25) is 0 Å². The Bertz CT molecular complexity index is 565. The number of ether oxygens (including phenoxy) is 1. The lowest BCUT2D eigenvalue weighted by Crippen LogP contribution is -2.50. The van der Waals surface area contributed by atoms with Crippen LogP contribution in [0.5, 0.6) is 5.88 Å². The predicted molar refractivity (Wildman–Crippen MR) is 66.6 cm³/mol. The molecular weight excluding hydrogens is 270 g/mol. The Kier molecular flexibility index (Phi) is 3.40. The number of aliphatic carboxylic acids is 1. The zero-order valence-corrected chi connectivity index (χ0v) is 10.6. The van der Waals surface area contributed by atoms with E-state index in [1.54, 1.807) is 0 Å². The lowest BCUT2D eigenvalue weighted by Gasteiger charge is -2.20. The lowest BCUT2D eigenvalue weighted by molar-refractivity contribution is -0.385. The summed E-state index contributed by atoms with van der Waals surface area (Å²) in [5.41, 5.74) is 3.90. The third-order valence-electron chi connectivity index (χ3n) is 3.17. The van der Waals surface area contributed by atoms with Crippen molar-refractivity contribution in [2.45, 2.75) is 12.0 Å². The van der Waals surface area contributed by atoms with Crippen molar-refractivity contribution >= 4 is 17.5 Å². The van der Waals surface area contributed by atoms with Gasteiger partial charge in [-0.1, -0.05) is 0 Å². The maximum absolute atomic E-state index is 11.1. The number of aromatic nitrogens is 2. The molecule has 1 unspecified atom stereocenters. The highest BCUT2D eigenvalue weighted by molar-refractivity contribution is 5.81. The Labute approximate surface area is 113 Å². The fourth-order valence-corrected chi connectivity index (χ4v) is 2.08. The average molecular weight is 283 g/mol. The van der Waals surface area contributed by atoms with Crippen molar-refractivity contribution in [2.75, 3.05) is 25.1 Å². The maximum Gasteiger partial charge on any atom is 0.372 e. The molecule has 1 aromatic rings. The molecule has 1 saturated heterocycles. The Morgan fingerprint density at radius 2 is 2.35 bits per heavy atom. The van der Waals surface area contributed by atoms with E-state index in [1.165, 1.54) is 12.0 Å². The zero-order valence-electron chi connectivity index (χ0n) is 10.6. The number of carbonyl (C=O) groups is 1. The molecule has 0 radical (unpaired) electrons. The van der Waals surface area contributed by atoms with E-state index in [9.17, 15) is 14.9 Å². The van der Waals surface area contributed by atoms with Crippen LogP contribution in [0.1, 0.15) is 6.42 Å². The highest BCUT2D eigenvalue weighted by Gasteiger charge is 2.44. The zero-order chi connectivity index (χ0) is 14.9. The first-order chi connectivity index (χ1) is 9.39. The van der Waals surface area contributed by atoms with Crippen molar-refractivity contribution in [3.05, 3.63) is 16.4 Å². The van der Waals surface area contributed by atoms with E-state index in [0.29, 0.717) is 0 Å². The molecule has 0 aromatic carbocycles. The van der Waals surface area contributed by atoms with Crippen LogP contribution < -0.4 is 15.4 Å². The molecule has 0 bridgehead atoms. The van der Waals surface area contributed by atoms with Crippen LogP contribution in [-0.4, -0.2) is 51.7 Å². The number of hydrogen-bond acceptors (Lipinski definition) is 8. The number of nitrogens with two attached hydrogens (primary N) is 1. The molecule has 0 spiro atoms. The van der Waals surface area contributed by atoms with Gasteiger partial charge in [-0.2, -0.15) is 4.98 Å². The van der Waals surface area contributed by atoms with E-state index >= 15 is 0 Å². The third-order valence-corrected chi connectivity index (χ3v) is 3.17. The van der Waals surface area contributed by atoms with E-state index in [-0.39, 0.29) is 31.2 Å². The van der Waals surface area contributed by atoms with Gasteiger partial charge in [0.25, 0.3) is 5.88 Å². The fourth-order valence-electron chi connectivity index (χ4n) is 2.08. The topological polar surface area (TPSA) is 145 Å². The molecule has 1 aliphatic rings. The van der Waals surface area contributed by atoms with Crippen LogP contribution in [0, 0.1) is 10.1 Å². The van der Waals surface area contributed by atoms with Crippen LogP contribution in [0.15, 0.2) is 6.33 Å². The van der Waals surface area contributed by atoms with Crippen molar-refractivity contribution in [1.82, 2.24) is 9.97 Å². The summed E-state index contributed by atoms with van der Waals surface area (Å²) in [6.45, 7) is 0.188. The van der Waals surface area contributed by atoms with Crippen molar-refractivity contribution in [2.24, 2.45) is 5.73 Å². The van der Waals surface area contributed by atoms with Gasteiger partial charge in [0, 0.05) is 13.1 Å². The van der Waals surface area contributed by atoms with E-state index in [4.69, 9.17) is 15.6 Å². The largest absolute Gasteiger partial charge is 0.480 e. The highest BCUT2D eigenvalue weighted by Crippen LogP contribution is 2.36. The molecule has 1 aromatic heterocycles. The highest BCUT2D eigenvalue weighted by atomic mass is 16.6. The van der Waals surface area contributed by atoms with Crippen LogP contribution in [0.4, 0.5) is 11.5 Å². The van der Waals surface area contributed by atoms with Gasteiger partial charge in [-0.15, -0.1) is 0 Å². The number of hydrogen-bond donors (Lipinski definition) is 2. The third kappa shape index (κ3) is 2.20. The van der Waals surface area contributed by atoms with Crippen LogP contribution in [0.25, 0.3) is 0 Å². The summed E-state index contributed by atoms with van der Waals surface area (Å²) in [4.78, 5) is 30.6. The molecule has 0 amide bonds. The van der Waals surface area contributed by atoms with Gasteiger partial charge in [-0.05, 0) is 6.42 Å². The first-order valence-corrected chi connectivity index (χ1v) is 5.69. The Hall–Kier alpha value is -2.49. The number of rotatable bonds is 4. The number of anilines is 1. The minimum absolute atomic E-state index is 0.00965. The summed E-state index contributed by atoms with van der Waals surface area (Å²) in [5, 5.41) is 20.2. The van der Waals surface area contributed by atoms with E-state index < -0.39 is 22.1 Å². The molecular formula is C10H13N5O5. The van der Waals surface area contributed by atoms with Crippen molar-refractivity contribution in [3.63, 3.8) is 0 Å². The second-order valence-electron chi connectivity index (χ2n) is 4.45. The number of nitrogens with zero attached hydrogens (tertiary/aromatic N) is 4. The second-order valence-corrected chi connectivity index (χ2v) is 4.45. The van der Waals surface area contributed by atoms with Gasteiger partial charge in [0.2, 0.25) is 5.82 Å². The summed E-state index contributed by atoms with van der Waals surface area (Å²) in [6.07, 6.45) is 1.30. The van der Waals surface area contributed by atoms with Crippen molar-refractivity contribution < 1.29 is 19.6 Å². The smallest absolute Gasteiger partial charge is 0.372 e. The molecule has 10 heteroatoms. The molecule has 2 rings (SSSR count). The van der Waals surface area contributed by atoms with Gasteiger partial charge in [0.15, 0.2) is 0 Å². The number of nitro groups is 1. The van der Waals surface area contributed by atoms with Crippen LogP contribution >= 0.6 is 0 Å². The molecule has 2 heterocycles. The number of methoxy groups -OCH3 is 1. The van der Waals surface area contributed by atoms with Gasteiger partial charge in [0.1, 0.15) is 11.9 Å². The van der Waals surface area contributed by atoms with E-state index in [0.717, 1.165) is 6.33 Å². The quantitative estimate of drug-likeness (QED) is 0.545. The fraction of sp³-hybridized carbons (Fsp3) is 0.500. The molecule has 1 fully saturated rings. The standard InChI is InChI=1S/C10H13N5O5/c1-20-8-6(15(18)19)7(12-5-13-8)14-3-2-10(11,4-14)9(16)17/h5H,2-4,11H2,1H3,(H,16,17). The van der Waals surface area contributed by atoms with Crippen molar-refractivity contribution in [1.29, 1.82) is 0 Å². The molecule has 0 saturated carbocycles. The first kappa shape index (κ1) is 13.9. The minimum atomic E-state index is -1.44. The number of carboxylic acid groups (broad SMARTS) is 1. The summed E-state index contributed by atoms with van der Waals surface area (Å²) < 4.78 is 4.84. The summed E-state index contributed by atoms with van der Waals surface area (Å²) in [5.74, 6) is -1.32. The lowest BCUT2D eigenvalue weighted by atomic mass is 10.0. The average Bonchev–Trinajstić information content (AvgIpc) is 2.81. The summed E-state index contributed by atoms with van der Waals surface area (Å²) >= 11 is 0. The maximum atomic E-state index is 11.1.